The average molecular weight is 406 g/mol. The van der Waals surface area contributed by atoms with E-state index in [0.29, 0.717) is 17.0 Å². The Labute approximate surface area is 172 Å². The van der Waals surface area contributed by atoms with Gasteiger partial charge in [0.05, 0.1) is 5.75 Å². The number of carbonyl (C=O) groups excluding carboxylic acids is 2. The highest BCUT2D eigenvalue weighted by Gasteiger charge is 2.34. The second kappa shape index (κ2) is 8.09. The van der Waals surface area contributed by atoms with Gasteiger partial charge in [0.2, 0.25) is 5.91 Å². The van der Waals surface area contributed by atoms with Gasteiger partial charge in [-0.15, -0.1) is 11.8 Å². The molecule has 4 rings (SSSR count). The quantitative estimate of drug-likeness (QED) is 0.651. The third-order valence-electron chi connectivity index (χ3n) is 4.80. The molecule has 1 aliphatic rings. The molecule has 0 aromatic heterocycles. The number of nitrogens with one attached hydrogen (secondary N) is 1. The third-order valence-corrected chi connectivity index (χ3v) is 6.02. The fourth-order valence-electron chi connectivity index (χ4n) is 3.30. The van der Waals surface area contributed by atoms with E-state index in [1.807, 2.05) is 60.4 Å². The van der Waals surface area contributed by atoms with Crippen LogP contribution in [0.25, 0.3) is 0 Å². The van der Waals surface area contributed by atoms with Gasteiger partial charge in [-0.05, 0) is 60.5 Å². The molecule has 29 heavy (non-hydrogen) atoms. The molecule has 1 N–H and O–H groups in total. The summed E-state index contributed by atoms with van der Waals surface area (Å²) in [6.07, 6.45) is 0. The van der Waals surface area contributed by atoms with Crippen LogP contribution in [0.3, 0.4) is 0 Å². The van der Waals surface area contributed by atoms with E-state index in [4.69, 9.17) is 0 Å². The van der Waals surface area contributed by atoms with Crippen molar-refractivity contribution in [2.75, 3.05) is 16.0 Å². The maximum absolute atomic E-state index is 13.0. The fraction of sp³-hybridized carbons (Fsp3) is 0.130. The molecule has 0 spiro atoms. The van der Waals surface area contributed by atoms with E-state index in [0.717, 1.165) is 16.8 Å². The molecule has 1 aliphatic heterocycles. The first-order chi connectivity index (χ1) is 14.0. The number of benzene rings is 3. The third kappa shape index (κ3) is 4.03. The smallest absolute Gasteiger partial charge is 0.255 e. The Bertz CT molecular complexity index is 1050. The van der Waals surface area contributed by atoms with Gasteiger partial charge in [-0.25, -0.2) is 4.39 Å². The summed E-state index contributed by atoms with van der Waals surface area (Å²) >= 11 is 1.59. The number of hydrogen-bond acceptors (Lipinski definition) is 3. The summed E-state index contributed by atoms with van der Waals surface area (Å²) in [4.78, 5) is 26.7. The molecule has 0 radical (unpaired) electrons. The molecule has 1 atom stereocenters. The molecular weight excluding hydrogens is 387 g/mol. The topological polar surface area (TPSA) is 49.4 Å². The van der Waals surface area contributed by atoms with Crippen LogP contribution >= 0.6 is 11.8 Å². The van der Waals surface area contributed by atoms with Gasteiger partial charge in [-0.2, -0.15) is 0 Å². The Balaban J connectivity index is 1.52. The summed E-state index contributed by atoms with van der Waals surface area (Å²) in [6, 6.07) is 20.7. The van der Waals surface area contributed by atoms with Gasteiger partial charge >= 0.3 is 0 Å². The van der Waals surface area contributed by atoms with Crippen LogP contribution in [0.15, 0.2) is 72.8 Å². The maximum Gasteiger partial charge on any atom is 0.255 e. The molecule has 3 aromatic carbocycles. The lowest BCUT2D eigenvalue weighted by Gasteiger charge is -2.26. The second-order valence-corrected chi connectivity index (χ2v) is 7.87. The summed E-state index contributed by atoms with van der Waals surface area (Å²) in [6.45, 7) is 2.00. The number of amides is 2. The zero-order valence-electron chi connectivity index (χ0n) is 15.8. The van der Waals surface area contributed by atoms with E-state index in [9.17, 15) is 14.0 Å². The minimum absolute atomic E-state index is 0.0861. The number of halogens is 1. The van der Waals surface area contributed by atoms with Crippen molar-refractivity contribution in [3.8, 4) is 0 Å². The van der Waals surface area contributed by atoms with Gasteiger partial charge in [-0.1, -0.05) is 30.3 Å². The molecule has 146 valence electrons. The molecule has 6 heteroatoms. The van der Waals surface area contributed by atoms with Gasteiger partial charge in [0.1, 0.15) is 11.2 Å². The standard InChI is InChI=1S/C23H19FN2O2S/c1-15-4-2-3-5-20(15)26-21(27)14-29-23(26)17-8-12-19(13-9-17)25-22(28)16-6-10-18(24)11-7-16/h2-13,23H,14H2,1H3,(H,25,28). The van der Waals surface area contributed by atoms with Crippen molar-refractivity contribution in [3.63, 3.8) is 0 Å². The molecular formula is C23H19FN2O2S. The zero-order chi connectivity index (χ0) is 20.4. The lowest BCUT2D eigenvalue weighted by molar-refractivity contribution is -0.115. The first-order valence-electron chi connectivity index (χ1n) is 9.19. The lowest BCUT2D eigenvalue weighted by atomic mass is 10.1. The number of hydrogen-bond donors (Lipinski definition) is 1. The maximum atomic E-state index is 13.0. The van der Waals surface area contributed by atoms with Gasteiger partial charge in [-0.3, -0.25) is 14.5 Å². The van der Waals surface area contributed by atoms with Crippen molar-refractivity contribution in [1.82, 2.24) is 0 Å². The van der Waals surface area contributed by atoms with Crippen molar-refractivity contribution in [2.45, 2.75) is 12.3 Å². The Morgan fingerprint density at radius 3 is 2.41 bits per heavy atom. The summed E-state index contributed by atoms with van der Waals surface area (Å²) in [5.41, 5.74) is 3.99. The van der Waals surface area contributed by atoms with E-state index in [2.05, 4.69) is 5.32 Å². The molecule has 2 amide bonds. The van der Waals surface area contributed by atoms with Crippen LogP contribution in [0.1, 0.15) is 26.9 Å². The number of nitrogens with zero attached hydrogens (tertiary/aromatic N) is 1. The molecule has 0 bridgehead atoms. The van der Waals surface area contributed by atoms with E-state index in [1.165, 1.54) is 24.3 Å². The number of thioether (sulfide) groups is 1. The Morgan fingerprint density at radius 1 is 1.03 bits per heavy atom. The highest BCUT2D eigenvalue weighted by Crippen LogP contribution is 2.42. The average Bonchev–Trinajstić information content (AvgIpc) is 3.10. The van der Waals surface area contributed by atoms with Gasteiger partial charge in [0.25, 0.3) is 5.91 Å². The monoisotopic (exact) mass is 406 g/mol. The van der Waals surface area contributed by atoms with E-state index in [1.54, 1.807) is 11.8 Å². The van der Waals surface area contributed by atoms with Crippen LogP contribution in [0.5, 0.6) is 0 Å². The van der Waals surface area contributed by atoms with Gasteiger partial charge in [0, 0.05) is 16.9 Å². The van der Waals surface area contributed by atoms with E-state index in [-0.39, 0.29) is 23.0 Å². The van der Waals surface area contributed by atoms with Crippen LogP contribution in [0.2, 0.25) is 0 Å². The Kier molecular flexibility index (Phi) is 5.36. The summed E-state index contributed by atoms with van der Waals surface area (Å²) < 4.78 is 13.0. The number of carbonyl (C=O) groups is 2. The van der Waals surface area contributed by atoms with Gasteiger partial charge < -0.3 is 5.32 Å². The van der Waals surface area contributed by atoms with Crippen LogP contribution in [-0.4, -0.2) is 17.6 Å². The summed E-state index contributed by atoms with van der Waals surface area (Å²) in [5, 5.41) is 2.70. The van der Waals surface area contributed by atoms with Crippen molar-refractivity contribution in [3.05, 3.63) is 95.3 Å². The summed E-state index contributed by atoms with van der Waals surface area (Å²) in [5.74, 6) is -0.164. The predicted octanol–water partition coefficient (Wildman–Crippen LogP) is 5.17. The first kappa shape index (κ1) is 19.2. The van der Waals surface area contributed by atoms with Crippen molar-refractivity contribution in [1.29, 1.82) is 0 Å². The predicted molar refractivity (Wildman–Crippen MR) is 115 cm³/mol. The number of para-hydroxylation sites is 1. The van der Waals surface area contributed by atoms with Gasteiger partial charge in [0.15, 0.2) is 0 Å². The Hall–Kier alpha value is -3.12. The largest absolute Gasteiger partial charge is 0.322 e. The van der Waals surface area contributed by atoms with E-state index < -0.39 is 0 Å². The Morgan fingerprint density at radius 2 is 1.72 bits per heavy atom. The number of aryl methyl sites for hydroxylation is 1. The normalized spacial score (nSPS) is 16.1. The van der Waals surface area contributed by atoms with Crippen LogP contribution in [0, 0.1) is 12.7 Å². The number of anilines is 2. The van der Waals surface area contributed by atoms with Crippen molar-refractivity contribution in [2.24, 2.45) is 0 Å². The van der Waals surface area contributed by atoms with Crippen LogP contribution < -0.4 is 10.2 Å². The van der Waals surface area contributed by atoms with Crippen LogP contribution in [-0.2, 0) is 4.79 Å². The van der Waals surface area contributed by atoms with Crippen LogP contribution in [0.4, 0.5) is 15.8 Å². The lowest BCUT2D eigenvalue weighted by Crippen LogP contribution is -2.28. The molecule has 0 saturated carbocycles. The first-order valence-corrected chi connectivity index (χ1v) is 10.2. The minimum Gasteiger partial charge on any atom is -0.322 e. The van der Waals surface area contributed by atoms with E-state index >= 15 is 0 Å². The fourth-order valence-corrected chi connectivity index (χ4v) is 4.47. The molecule has 3 aromatic rings. The summed E-state index contributed by atoms with van der Waals surface area (Å²) in [7, 11) is 0. The highest BCUT2D eigenvalue weighted by atomic mass is 32.2. The minimum atomic E-state index is -0.382. The highest BCUT2D eigenvalue weighted by molar-refractivity contribution is 8.00. The number of rotatable bonds is 4. The SMILES string of the molecule is Cc1ccccc1N1C(=O)CSC1c1ccc(NC(=O)c2ccc(F)cc2)cc1. The molecule has 4 nitrogen and oxygen atoms in total. The molecule has 1 unspecified atom stereocenters. The molecule has 0 aliphatic carbocycles. The molecule has 1 fully saturated rings. The molecule has 1 saturated heterocycles. The molecule has 1 heterocycles. The van der Waals surface area contributed by atoms with Crippen molar-refractivity contribution >= 4 is 35.0 Å². The second-order valence-electron chi connectivity index (χ2n) is 6.80. The zero-order valence-corrected chi connectivity index (χ0v) is 16.6. The van der Waals surface area contributed by atoms with Crippen molar-refractivity contribution < 1.29 is 14.0 Å².